The van der Waals surface area contributed by atoms with Gasteiger partial charge in [-0.25, -0.2) is 0 Å². The standard InChI is InChI=1S/C24H16NO.C5H8O2.Ir/c1-24(2)17-8-5-9-18-20(17)21-19(26-18)12-13-25-23(21)16-11-10-14-6-3-4-7-15(14)22(16)24;1-4(6)3-5(2)7;/h3-10,12-13H,1-2H3;3,6H,1-2H3;/q-1;;/b;4-3-;. The van der Waals surface area contributed by atoms with Crippen LogP contribution in [0.3, 0.4) is 0 Å². The second kappa shape index (κ2) is 8.83. The van der Waals surface area contributed by atoms with E-state index in [1.54, 1.807) is 0 Å². The number of hydrogen-bond acceptors (Lipinski definition) is 4. The van der Waals surface area contributed by atoms with Crippen molar-refractivity contribution in [3.63, 3.8) is 0 Å². The third-order valence-corrected chi connectivity index (χ3v) is 6.21. The number of hydrogen-bond donors (Lipinski definition) is 1. The number of carbonyl (C=O) groups is 1. The summed E-state index contributed by atoms with van der Waals surface area (Å²) in [5, 5.41) is 13.1. The van der Waals surface area contributed by atoms with Crippen LogP contribution in [0, 0.1) is 6.07 Å². The molecule has 5 aromatic rings. The molecule has 0 saturated carbocycles. The molecule has 3 aromatic carbocycles. The van der Waals surface area contributed by atoms with Gasteiger partial charge in [0.25, 0.3) is 0 Å². The quantitative estimate of drug-likeness (QED) is 0.121. The fourth-order valence-electron chi connectivity index (χ4n) is 4.95. The Kier molecular flexibility index (Phi) is 6.20. The average Bonchev–Trinajstić information content (AvgIpc) is 3.12. The van der Waals surface area contributed by atoms with E-state index in [9.17, 15) is 4.79 Å². The molecule has 0 unspecified atom stereocenters. The first-order valence-corrected chi connectivity index (χ1v) is 10.9. The van der Waals surface area contributed by atoms with Crippen molar-refractivity contribution >= 4 is 38.5 Å². The number of aliphatic hydroxyl groups excluding tert-OH is 1. The molecule has 0 saturated heterocycles. The molecule has 173 valence electrons. The zero-order valence-corrected chi connectivity index (χ0v) is 21.8. The van der Waals surface area contributed by atoms with E-state index < -0.39 is 0 Å². The maximum Gasteiger partial charge on any atom is 0.155 e. The molecule has 0 spiro atoms. The molecule has 0 fully saturated rings. The number of aromatic nitrogens is 1. The van der Waals surface area contributed by atoms with Gasteiger partial charge in [0, 0.05) is 43.2 Å². The van der Waals surface area contributed by atoms with Crippen molar-refractivity contribution in [1.82, 2.24) is 4.98 Å². The van der Waals surface area contributed by atoms with Gasteiger partial charge in [-0.05, 0) is 42.7 Å². The second-order valence-electron chi connectivity index (χ2n) is 8.96. The number of fused-ring (bicyclic) bond motifs is 4. The van der Waals surface area contributed by atoms with Crippen LogP contribution in [0.4, 0.5) is 0 Å². The van der Waals surface area contributed by atoms with Crippen molar-refractivity contribution in [2.45, 2.75) is 33.1 Å². The van der Waals surface area contributed by atoms with E-state index in [1.807, 2.05) is 12.3 Å². The maximum absolute atomic E-state index is 10.0. The van der Waals surface area contributed by atoms with Gasteiger partial charge in [-0.2, -0.15) is 0 Å². The minimum atomic E-state index is -0.191. The Bertz CT molecular complexity index is 1590. The van der Waals surface area contributed by atoms with E-state index >= 15 is 0 Å². The minimum Gasteiger partial charge on any atom is -0.512 e. The molecular formula is C29H24IrNO3-. The number of aliphatic hydroxyl groups is 1. The van der Waals surface area contributed by atoms with Crippen molar-refractivity contribution in [3.8, 4) is 11.3 Å². The Balaban J connectivity index is 0.000000303. The molecule has 1 N–H and O–H groups in total. The van der Waals surface area contributed by atoms with Crippen LogP contribution in [0.5, 0.6) is 0 Å². The molecule has 0 bridgehead atoms. The van der Waals surface area contributed by atoms with Crippen LogP contribution in [0.2, 0.25) is 0 Å². The van der Waals surface area contributed by atoms with Gasteiger partial charge in [-0.1, -0.05) is 61.0 Å². The number of nitrogens with zero attached hydrogens (tertiary/aromatic N) is 1. The monoisotopic (exact) mass is 627 g/mol. The first-order chi connectivity index (χ1) is 15.8. The smallest absolute Gasteiger partial charge is 0.155 e. The van der Waals surface area contributed by atoms with Crippen LogP contribution in [-0.4, -0.2) is 15.9 Å². The summed E-state index contributed by atoms with van der Waals surface area (Å²) in [7, 11) is 0. The summed E-state index contributed by atoms with van der Waals surface area (Å²) in [5.74, 6) is -0.0625. The summed E-state index contributed by atoms with van der Waals surface area (Å²) in [6.07, 6.45) is 3.00. The van der Waals surface area contributed by atoms with Crippen LogP contribution in [0.15, 0.2) is 77.0 Å². The zero-order chi connectivity index (χ0) is 23.3. The van der Waals surface area contributed by atoms with Crippen LogP contribution in [0.25, 0.3) is 44.0 Å². The Labute approximate surface area is 211 Å². The Morgan fingerprint density at radius 3 is 2.47 bits per heavy atom. The van der Waals surface area contributed by atoms with Crippen LogP contribution < -0.4 is 0 Å². The Morgan fingerprint density at radius 1 is 1.03 bits per heavy atom. The van der Waals surface area contributed by atoms with E-state index in [1.165, 1.54) is 47.2 Å². The van der Waals surface area contributed by atoms with Crippen LogP contribution in [-0.2, 0) is 30.3 Å². The van der Waals surface area contributed by atoms with Crippen LogP contribution in [0.1, 0.15) is 38.8 Å². The third-order valence-electron chi connectivity index (χ3n) is 6.21. The predicted molar refractivity (Wildman–Crippen MR) is 132 cm³/mol. The molecule has 5 heteroatoms. The normalized spacial score (nSPS) is 13.7. The van der Waals surface area contributed by atoms with E-state index in [4.69, 9.17) is 14.5 Å². The van der Waals surface area contributed by atoms with E-state index in [-0.39, 0.29) is 37.1 Å². The van der Waals surface area contributed by atoms with Crippen molar-refractivity contribution in [2.75, 3.05) is 0 Å². The summed E-state index contributed by atoms with van der Waals surface area (Å²) >= 11 is 0. The Morgan fingerprint density at radius 2 is 1.76 bits per heavy atom. The van der Waals surface area contributed by atoms with Gasteiger partial charge < -0.3 is 14.5 Å². The molecule has 6 rings (SSSR count). The molecule has 2 heterocycles. The minimum absolute atomic E-state index is 0. The van der Waals surface area contributed by atoms with Crippen molar-refractivity contribution in [3.05, 3.63) is 89.8 Å². The number of allylic oxidation sites excluding steroid dienone is 2. The second-order valence-corrected chi connectivity index (χ2v) is 8.96. The molecule has 0 amide bonds. The number of carbonyl (C=O) groups excluding carboxylic acids is 1. The van der Waals surface area contributed by atoms with Gasteiger partial charge in [0.15, 0.2) is 5.78 Å². The third kappa shape index (κ3) is 3.75. The van der Waals surface area contributed by atoms with Gasteiger partial charge in [0.1, 0.15) is 11.2 Å². The first kappa shape index (κ1) is 23.9. The molecule has 1 aliphatic rings. The van der Waals surface area contributed by atoms with Gasteiger partial charge in [0.05, 0.1) is 5.76 Å². The van der Waals surface area contributed by atoms with E-state index in [0.717, 1.165) is 27.8 Å². The number of benzene rings is 3. The van der Waals surface area contributed by atoms with Gasteiger partial charge in [-0.15, -0.1) is 23.3 Å². The number of furan rings is 1. The van der Waals surface area contributed by atoms with E-state index in [2.05, 4.69) is 68.4 Å². The fourth-order valence-corrected chi connectivity index (χ4v) is 4.95. The van der Waals surface area contributed by atoms with Crippen molar-refractivity contribution in [1.29, 1.82) is 0 Å². The van der Waals surface area contributed by atoms with Gasteiger partial charge in [-0.3, -0.25) is 4.79 Å². The molecule has 0 aliphatic heterocycles. The summed E-state index contributed by atoms with van der Waals surface area (Å²) in [6, 6.07) is 22.5. The average molecular weight is 627 g/mol. The number of rotatable bonds is 1. The summed E-state index contributed by atoms with van der Waals surface area (Å²) in [5.41, 5.74) is 6.26. The molecule has 4 nitrogen and oxygen atoms in total. The Hall–Kier alpha value is -3.27. The predicted octanol–water partition coefficient (Wildman–Crippen LogP) is 7.28. The molecular weight excluding hydrogens is 603 g/mol. The van der Waals surface area contributed by atoms with Crippen molar-refractivity contribution in [2.24, 2.45) is 0 Å². The van der Waals surface area contributed by atoms with Gasteiger partial charge in [0.2, 0.25) is 0 Å². The summed E-state index contributed by atoms with van der Waals surface area (Å²) < 4.78 is 6.15. The van der Waals surface area contributed by atoms with E-state index in [0.29, 0.717) is 0 Å². The molecule has 1 aliphatic carbocycles. The van der Waals surface area contributed by atoms with Crippen LogP contribution >= 0.6 is 0 Å². The van der Waals surface area contributed by atoms with Gasteiger partial charge >= 0.3 is 0 Å². The summed E-state index contributed by atoms with van der Waals surface area (Å²) in [6.45, 7) is 7.44. The molecule has 34 heavy (non-hydrogen) atoms. The molecule has 1 radical (unpaired) electrons. The summed E-state index contributed by atoms with van der Waals surface area (Å²) in [4.78, 5) is 14.8. The number of ketones is 1. The molecule has 2 aromatic heterocycles. The SMILES string of the molecule is CC(=O)/C=C(/C)O.CC1(C)c2c([c-]cc3ccccc23)-c2nccc3oc4cccc1c4c23.[Ir]. The first-order valence-electron chi connectivity index (χ1n) is 10.9. The van der Waals surface area contributed by atoms with Crippen molar-refractivity contribution < 1.29 is 34.4 Å². The topological polar surface area (TPSA) is 63.3 Å². The maximum atomic E-state index is 10.0. The largest absolute Gasteiger partial charge is 0.512 e. The number of pyridine rings is 1. The fraction of sp³-hybridized carbons (Fsp3) is 0.172. The zero-order valence-electron chi connectivity index (χ0n) is 19.4. The molecule has 0 atom stereocenters.